The maximum Gasteiger partial charge on any atom is 0.241 e. The maximum atomic E-state index is 9.68. The second kappa shape index (κ2) is 4.14. The van der Waals surface area contributed by atoms with Crippen molar-refractivity contribution in [2.75, 3.05) is 6.61 Å². The number of halogens is 1. The van der Waals surface area contributed by atoms with E-state index in [1.54, 1.807) is 29.8 Å². The summed E-state index contributed by atoms with van der Waals surface area (Å²) in [5.41, 5.74) is 1.06. The number of aliphatic hydroxyl groups excluding tert-OH is 1. The number of hydrogen-bond donors (Lipinski definition) is 1. The van der Waals surface area contributed by atoms with Gasteiger partial charge in [-0.25, -0.2) is 9.50 Å². The van der Waals surface area contributed by atoms with E-state index in [9.17, 15) is 5.11 Å². The van der Waals surface area contributed by atoms with Crippen molar-refractivity contribution in [2.24, 2.45) is 0 Å². The van der Waals surface area contributed by atoms with Gasteiger partial charge in [0.05, 0.1) is 5.52 Å². The summed E-state index contributed by atoms with van der Waals surface area (Å²) in [7, 11) is 0. The third-order valence-corrected chi connectivity index (χ3v) is 2.11. The van der Waals surface area contributed by atoms with Crippen molar-refractivity contribution in [1.29, 1.82) is 0 Å². The summed E-state index contributed by atoms with van der Waals surface area (Å²) in [5, 5.41) is 13.7. The van der Waals surface area contributed by atoms with Crippen molar-refractivity contribution in [3.8, 4) is 0 Å². The minimum Gasteiger partial charge on any atom is -0.363 e. The van der Waals surface area contributed by atoms with E-state index in [-0.39, 0.29) is 5.28 Å². The quantitative estimate of drug-likeness (QED) is 0.806. The lowest BCUT2D eigenvalue weighted by molar-refractivity contribution is -0.0999. The van der Waals surface area contributed by atoms with Gasteiger partial charge in [0, 0.05) is 12.8 Å². The molecule has 15 heavy (non-hydrogen) atoms. The molecular formula is C9H10ClN3O2. The zero-order valence-electron chi connectivity index (χ0n) is 8.09. The Morgan fingerprint density at radius 1 is 1.67 bits per heavy atom. The number of nitrogens with zero attached hydrogens (tertiary/aromatic N) is 3. The predicted molar refractivity (Wildman–Crippen MR) is 54.6 cm³/mol. The standard InChI is InChI=1S/C9H10ClN3O2/c1-2-15-8(14)7-6-4-3-5-13(6)12-9(10)11-7/h3-5,8,14H,2H2,1H3. The molecule has 0 aliphatic heterocycles. The molecule has 5 nitrogen and oxygen atoms in total. The van der Waals surface area contributed by atoms with Crippen molar-refractivity contribution < 1.29 is 9.84 Å². The summed E-state index contributed by atoms with van der Waals surface area (Å²) in [6.07, 6.45) is 0.651. The minimum absolute atomic E-state index is 0.0763. The molecule has 2 aromatic rings. The van der Waals surface area contributed by atoms with Crippen LogP contribution in [-0.4, -0.2) is 26.3 Å². The molecule has 0 saturated heterocycles. The summed E-state index contributed by atoms with van der Waals surface area (Å²) in [5.74, 6) is 0. The molecule has 0 spiro atoms. The van der Waals surface area contributed by atoms with Crippen molar-refractivity contribution in [1.82, 2.24) is 14.6 Å². The average molecular weight is 228 g/mol. The minimum atomic E-state index is -1.08. The molecule has 80 valence electrons. The van der Waals surface area contributed by atoms with E-state index in [0.29, 0.717) is 17.8 Å². The molecule has 2 rings (SSSR count). The molecule has 0 bridgehead atoms. The van der Waals surface area contributed by atoms with Crippen LogP contribution in [0.4, 0.5) is 0 Å². The van der Waals surface area contributed by atoms with Gasteiger partial charge in [-0.1, -0.05) is 0 Å². The Balaban J connectivity index is 2.52. The van der Waals surface area contributed by atoms with Crippen LogP contribution in [-0.2, 0) is 4.74 Å². The zero-order chi connectivity index (χ0) is 10.8. The van der Waals surface area contributed by atoms with Gasteiger partial charge in [0.15, 0.2) is 0 Å². The second-order valence-electron chi connectivity index (χ2n) is 2.91. The van der Waals surface area contributed by atoms with Gasteiger partial charge in [-0.15, -0.1) is 5.10 Å². The molecule has 0 aliphatic rings. The molecule has 1 unspecified atom stereocenters. The summed E-state index contributed by atoms with van der Waals surface area (Å²) >= 11 is 5.72. The van der Waals surface area contributed by atoms with Gasteiger partial charge in [-0.2, -0.15) is 0 Å². The molecule has 0 aromatic carbocycles. The first kappa shape index (κ1) is 10.4. The first-order valence-electron chi connectivity index (χ1n) is 4.53. The Morgan fingerprint density at radius 3 is 3.20 bits per heavy atom. The van der Waals surface area contributed by atoms with Crippen LogP contribution in [0.15, 0.2) is 18.3 Å². The first-order chi connectivity index (χ1) is 7.22. The van der Waals surface area contributed by atoms with E-state index in [4.69, 9.17) is 16.3 Å². The van der Waals surface area contributed by atoms with Crippen LogP contribution in [0.1, 0.15) is 18.9 Å². The van der Waals surface area contributed by atoms with Gasteiger partial charge >= 0.3 is 0 Å². The Labute approximate surface area is 91.3 Å². The van der Waals surface area contributed by atoms with Crippen LogP contribution in [0.3, 0.4) is 0 Å². The van der Waals surface area contributed by atoms with E-state index in [0.717, 1.165) is 0 Å². The molecule has 1 N–H and O–H groups in total. The van der Waals surface area contributed by atoms with Crippen molar-refractivity contribution in [2.45, 2.75) is 13.2 Å². The van der Waals surface area contributed by atoms with Crippen LogP contribution >= 0.6 is 11.6 Å². The normalized spacial score (nSPS) is 13.3. The van der Waals surface area contributed by atoms with Crippen LogP contribution in [0.2, 0.25) is 5.28 Å². The first-order valence-corrected chi connectivity index (χ1v) is 4.90. The number of aromatic nitrogens is 3. The van der Waals surface area contributed by atoms with Gasteiger partial charge in [0.25, 0.3) is 0 Å². The third kappa shape index (κ3) is 1.94. The van der Waals surface area contributed by atoms with Gasteiger partial charge in [0.2, 0.25) is 11.6 Å². The van der Waals surface area contributed by atoms with Gasteiger partial charge in [0.1, 0.15) is 5.69 Å². The summed E-state index contributed by atoms with van der Waals surface area (Å²) in [4.78, 5) is 3.95. The van der Waals surface area contributed by atoms with Gasteiger partial charge in [-0.05, 0) is 30.7 Å². The second-order valence-corrected chi connectivity index (χ2v) is 3.25. The van der Waals surface area contributed by atoms with Crippen molar-refractivity contribution in [3.63, 3.8) is 0 Å². The number of ether oxygens (including phenoxy) is 1. The molecule has 0 saturated carbocycles. The SMILES string of the molecule is CCOC(O)c1nc(Cl)nn2cccc12. The smallest absolute Gasteiger partial charge is 0.241 e. The highest BCUT2D eigenvalue weighted by Gasteiger charge is 2.15. The molecule has 2 heterocycles. The van der Waals surface area contributed by atoms with Crippen molar-refractivity contribution in [3.05, 3.63) is 29.3 Å². The van der Waals surface area contributed by atoms with Gasteiger partial charge in [-0.3, -0.25) is 0 Å². The largest absolute Gasteiger partial charge is 0.363 e. The maximum absolute atomic E-state index is 9.68. The molecular weight excluding hydrogens is 218 g/mol. The molecule has 0 amide bonds. The molecule has 0 fully saturated rings. The van der Waals surface area contributed by atoms with E-state index >= 15 is 0 Å². The molecule has 2 aromatic heterocycles. The lowest BCUT2D eigenvalue weighted by atomic mass is 10.3. The Hall–Kier alpha value is -1.17. The molecule has 1 atom stereocenters. The highest BCUT2D eigenvalue weighted by atomic mass is 35.5. The molecule has 0 radical (unpaired) electrons. The summed E-state index contributed by atoms with van der Waals surface area (Å²) in [6.45, 7) is 2.19. The highest BCUT2D eigenvalue weighted by molar-refractivity contribution is 6.28. The van der Waals surface area contributed by atoms with Crippen molar-refractivity contribution >= 4 is 17.1 Å². The van der Waals surface area contributed by atoms with Crippen LogP contribution in [0, 0.1) is 0 Å². The summed E-state index contributed by atoms with van der Waals surface area (Å²) in [6, 6.07) is 3.58. The predicted octanol–water partition coefficient (Wildman–Crippen LogP) is 1.41. The fourth-order valence-corrected chi connectivity index (χ4v) is 1.52. The number of aliphatic hydroxyl groups is 1. The monoisotopic (exact) mass is 227 g/mol. The van der Waals surface area contributed by atoms with E-state index in [1.165, 1.54) is 0 Å². The van der Waals surface area contributed by atoms with Crippen LogP contribution in [0.25, 0.3) is 5.52 Å². The summed E-state index contributed by atoms with van der Waals surface area (Å²) < 4.78 is 6.60. The molecule has 0 aliphatic carbocycles. The Kier molecular flexibility index (Phi) is 2.86. The van der Waals surface area contributed by atoms with Gasteiger partial charge < -0.3 is 9.84 Å². The average Bonchev–Trinajstić information content (AvgIpc) is 2.64. The number of hydrogen-bond acceptors (Lipinski definition) is 4. The van der Waals surface area contributed by atoms with E-state index in [1.807, 2.05) is 0 Å². The zero-order valence-corrected chi connectivity index (χ0v) is 8.85. The molecule has 6 heteroatoms. The van der Waals surface area contributed by atoms with E-state index in [2.05, 4.69) is 10.1 Å². The number of rotatable bonds is 3. The Bertz CT molecular complexity index is 471. The Morgan fingerprint density at radius 2 is 2.47 bits per heavy atom. The van der Waals surface area contributed by atoms with Crippen LogP contribution < -0.4 is 0 Å². The van der Waals surface area contributed by atoms with E-state index < -0.39 is 6.29 Å². The number of fused-ring (bicyclic) bond motifs is 1. The topological polar surface area (TPSA) is 59.7 Å². The highest BCUT2D eigenvalue weighted by Crippen LogP contribution is 2.19. The lowest BCUT2D eigenvalue weighted by Gasteiger charge is -2.11. The lowest BCUT2D eigenvalue weighted by Crippen LogP contribution is -2.09. The fourth-order valence-electron chi connectivity index (χ4n) is 1.35. The van der Waals surface area contributed by atoms with Crippen LogP contribution in [0.5, 0.6) is 0 Å². The third-order valence-electron chi connectivity index (χ3n) is 1.95. The fraction of sp³-hybridized carbons (Fsp3) is 0.333.